The lowest BCUT2D eigenvalue weighted by molar-refractivity contribution is -0.127. The number of benzene rings is 2. The fourth-order valence-corrected chi connectivity index (χ4v) is 4.08. The van der Waals surface area contributed by atoms with Crippen LogP contribution in [0.15, 0.2) is 54.6 Å². The van der Waals surface area contributed by atoms with E-state index in [0.29, 0.717) is 19.8 Å². The molecule has 2 unspecified atom stereocenters. The Balaban J connectivity index is 1.78. The fraction of sp³-hybridized carbons (Fsp3) is 0.458. The molecule has 0 saturated carbocycles. The number of morpholine rings is 1. The van der Waals surface area contributed by atoms with E-state index >= 15 is 0 Å². The third-order valence-electron chi connectivity index (χ3n) is 5.75. The predicted octanol–water partition coefficient (Wildman–Crippen LogP) is 3.40. The van der Waals surface area contributed by atoms with Crippen LogP contribution < -0.4 is 5.32 Å². The van der Waals surface area contributed by atoms with Gasteiger partial charge in [0.05, 0.1) is 19.3 Å². The summed E-state index contributed by atoms with van der Waals surface area (Å²) < 4.78 is 18.9. The van der Waals surface area contributed by atoms with Gasteiger partial charge in [0.1, 0.15) is 11.9 Å². The molecule has 1 aliphatic rings. The van der Waals surface area contributed by atoms with Crippen LogP contribution in [0.2, 0.25) is 0 Å². The average molecular weight is 414 g/mol. The van der Waals surface area contributed by atoms with Crippen LogP contribution >= 0.6 is 0 Å². The van der Waals surface area contributed by atoms with E-state index in [2.05, 4.69) is 29.0 Å². The highest BCUT2D eigenvalue weighted by Crippen LogP contribution is 2.24. The topological polar surface area (TPSA) is 44.8 Å². The molecular weight excluding hydrogens is 381 g/mol. The SMILES string of the molecule is CCN(CC)C(C(=O)NCC(c1ccc(F)cc1)N1CCOCC1)c1ccccc1. The van der Waals surface area contributed by atoms with E-state index in [1.165, 1.54) is 12.1 Å². The summed E-state index contributed by atoms with van der Waals surface area (Å²) >= 11 is 0. The van der Waals surface area contributed by atoms with Gasteiger partial charge in [-0.15, -0.1) is 0 Å². The molecule has 3 rings (SSSR count). The molecule has 30 heavy (non-hydrogen) atoms. The number of carbonyl (C=O) groups is 1. The minimum absolute atomic E-state index is 0.00901. The van der Waals surface area contributed by atoms with Crippen molar-refractivity contribution in [2.24, 2.45) is 0 Å². The van der Waals surface area contributed by atoms with E-state index in [-0.39, 0.29) is 23.8 Å². The molecule has 0 bridgehead atoms. The molecule has 0 spiro atoms. The normalized spacial score (nSPS) is 16.9. The zero-order valence-corrected chi connectivity index (χ0v) is 17.9. The Morgan fingerprint density at radius 1 is 1.03 bits per heavy atom. The number of amides is 1. The van der Waals surface area contributed by atoms with E-state index in [1.807, 2.05) is 30.3 Å². The number of nitrogens with one attached hydrogen (secondary N) is 1. The monoisotopic (exact) mass is 413 g/mol. The van der Waals surface area contributed by atoms with Crippen molar-refractivity contribution >= 4 is 5.91 Å². The van der Waals surface area contributed by atoms with Gasteiger partial charge in [0.15, 0.2) is 0 Å². The fourth-order valence-electron chi connectivity index (χ4n) is 4.08. The second-order valence-electron chi connectivity index (χ2n) is 7.50. The molecular formula is C24H32FN3O2. The smallest absolute Gasteiger partial charge is 0.242 e. The molecule has 2 aromatic carbocycles. The molecule has 162 valence electrons. The summed E-state index contributed by atoms with van der Waals surface area (Å²) in [7, 11) is 0. The number of rotatable bonds is 9. The van der Waals surface area contributed by atoms with Crippen LogP contribution in [0.1, 0.15) is 37.1 Å². The van der Waals surface area contributed by atoms with Gasteiger partial charge < -0.3 is 10.1 Å². The number of likely N-dealkylation sites (N-methyl/N-ethyl adjacent to an activating group) is 1. The van der Waals surface area contributed by atoms with Gasteiger partial charge in [0.25, 0.3) is 0 Å². The van der Waals surface area contributed by atoms with E-state index in [4.69, 9.17) is 4.74 Å². The summed E-state index contributed by atoms with van der Waals surface area (Å²) in [6.45, 7) is 9.09. The van der Waals surface area contributed by atoms with Crippen molar-refractivity contribution < 1.29 is 13.9 Å². The third-order valence-corrected chi connectivity index (χ3v) is 5.75. The number of hydrogen-bond acceptors (Lipinski definition) is 4. The first-order chi connectivity index (χ1) is 14.6. The van der Waals surface area contributed by atoms with Gasteiger partial charge in [-0.25, -0.2) is 4.39 Å². The second-order valence-corrected chi connectivity index (χ2v) is 7.50. The number of carbonyl (C=O) groups excluding carboxylic acids is 1. The third kappa shape index (κ3) is 5.65. The highest BCUT2D eigenvalue weighted by Gasteiger charge is 2.28. The van der Waals surface area contributed by atoms with Crippen LogP contribution in [0.25, 0.3) is 0 Å². The van der Waals surface area contributed by atoms with Crippen molar-refractivity contribution in [2.75, 3.05) is 45.9 Å². The van der Waals surface area contributed by atoms with E-state index in [0.717, 1.165) is 37.3 Å². The lowest BCUT2D eigenvalue weighted by Gasteiger charge is -2.36. The Morgan fingerprint density at radius 3 is 2.27 bits per heavy atom. The van der Waals surface area contributed by atoms with Crippen LogP contribution in [0, 0.1) is 5.82 Å². The largest absolute Gasteiger partial charge is 0.379 e. The van der Waals surface area contributed by atoms with Crippen LogP contribution in [0.5, 0.6) is 0 Å². The van der Waals surface area contributed by atoms with Gasteiger partial charge in [-0.05, 0) is 36.3 Å². The Bertz CT molecular complexity index is 775. The van der Waals surface area contributed by atoms with E-state index in [1.54, 1.807) is 12.1 Å². The maximum atomic E-state index is 13.5. The number of halogens is 1. The molecule has 5 nitrogen and oxygen atoms in total. The summed E-state index contributed by atoms with van der Waals surface area (Å²) in [5.74, 6) is -0.264. The first-order valence-corrected chi connectivity index (χ1v) is 10.8. The van der Waals surface area contributed by atoms with Gasteiger partial charge in [-0.3, -0.25) is 14.6 Å². The van der Waals surface area contributed by atoms with Crippen molar-refractivity contribution in [3.63, 3.8) is 0 Å². The lowest BCUT2D eigenvalue weighted by atomic mass is 10.0. The van der Waals surface area contributed by atoms with E-state index < -0.39 is 0 Å². The molecule has 0 radical (unpaired) electrons. The zero-order chi connectivity index (χ0) is 21.3. The average Bonchev–Trinajstić information content (AvgIpc) is 2.79. The molecule has 1 amide bonds. The quantitative estimate of drug-likeness (QED) is 0.684. The first kappa shape index (κ1) is 22.4. The van der Waals surface area contributed by atoms with Crippen molar-refractivity contribution in [1.82, 2.24) is 15.1 Å². The van der Waals surface area contributed by atoms with Crippen molar-refractivity contribution in [3.05, 3.63) is 71.5 Å². The zero-order valence-electron chi connectivity index (χ0n) is 17.9. The molecule has 1 aliphatic heterocycles. The van der Waals surface area contributed by atoms with Crippen molar-refractivity contribution in [3.8, 4) is 0 Å². The second kappa shape index (κ2) is 11.2. The summed E-state index contributed by atoms with van der Waals surface area (Å²) in [5.41, 5.74) is 1.99. The molecule has 1 N–H and O–H groups in total. The predicted molar refractivity (Wildman–Crippen MR) is 117 cm³/mol. The lowest BCUT2D eigenvalue weighted by Crippen LogP contribution is -2.46. The summed E-state index contributed by atoms with van der Waals surface area (Å²) in [4.78, 5) is 17.8. The molecule has 2 atom stereocenters. The maximum Gasteiger partial charge on any atom is 0.242 e. The Kier molecular flexibility index (Phi) is 8.37. The van der Waals surface area contributed by atoms with Crippen LogP contribution in [-0.2, 0) is 9.53 Å². The Hall–Kier alpha value is -2.28. The molecule has 1 saturated heterocycles. The summed E-state index contributed by atoms with van der Waals surface area (Å²) in [5, 5.41) is 3.18. The van der Waals surface area contributed by atoms with Gasteiger partial charge in [0.2, 0.25) is 5.91 Å². The van der Waals surface area contributed by atoms with Gasteiger partial charge >= 0.3 is 0 Å². The van der Waals surface area contributed by atoms with Crippen molar-refractivity contribution in [2.45, 2.75) is 25.9 Å². The molecule has 2 aromatic rings. The molecule has 1 heterocycles. The standard InChI is InChI=1S/C24H32FN3O2/c1-3-27(4-2)23(20-8-6-5-7-9-20)24(29)26-18-22(28-14-16-30-17-15-28)19-10-12-21(25)13-11-19/h5-13,22-23H,3-4,14-18H2,1-2H3,(H,26,29). The molecule has 6 heteroatoms. The Labute approximate surface area is 178 Å². The van der Waals surface area contributed by atoms with Gasteiger partial charge in [0, 0.05) is 19.6 Å². The highest BCUT2D eigenvalue weighted by atomic mass is 19.1. The first-order valence-electron chi connectivity index (χ1n) is 10.8. The molecule has 0 aromatic heterocycles. The summed E-state index contributed by atoms with van der Waals surface area (Å²) in [6, 6.07) is 16.1. The van der Waals surface area contributed by atoms with Gasteiger partial charge in [-0.2, -0.15) is 0 Å². The number of hydrogen-bond donors (Lipinski definition) is 1. The van der Waals surface area contributed by atoms with Crippen molar-refractivity contribution in [1.29, 1.82) is 0 Å². The minimum Gasteiger partial charge on any atom is -0.379 e. The highest BCUT2D eigenvalue weighted by molar-refractivity contribution is 5.83. The molecule has 0 aliphatic carbocycles. The summed E-state index contributed by atoms with van der Waals surface area (Å²) in [6.07, 6.45) is 0. The maximum absolute atomic E-state index is 13.5. The van der Waals surface area contributed by atoms with Crippen LogP contribution in [0.3, 0.4) is 0 Å². The van der Waals surface area contributed by atoms with Gasteiger partial charge in [-0.1, -0.05) is 56.3 Å². The minimum atomic E-state index is -0.334. The Morgan fingerprint density at radius 2 is 1.67 bits per heavy atom. The number of nitrogens with zero attached hydrogens (tertiary/aromatic N) is 2. The number of ether oxygens (including phenoxy) is 1. The van der Waals surface area contributed by atoms with Crippen LogP contribution in [0.4, 0.5) is 4.39 Å². The molecule has 1 fully saturated rings. The van der Waals surface area contributed by atoms with E-state index in [9.17, 15) is 9.18 Å². The van der Waals surface area contributed by atoms with Crippen LogP contribution in [-0.4, -0.2) is 61.6 Å².